The zero-order chi connectivity index (χ0) is 14.1. The molecule has 2 aromatic heterocycles. The van der Waals surface area contributed by atoms with Crippen LogP contribution in [0.1, 0.15) is 29.3 Å². The molecule has 1 atom stereocenters. The maximum atomic E-state index is 6.30. The van der Waals surface area contributed by atoms with Gasteiger partial charge in [0.25, 0.3) is 0 Å². The highest BCUT2D eigenvalue weighted by molar-refractivity contribution is 6.20. The van der Waals surface area contributed by atoms with Crippen LogP contribution in [0, 0.1) is 6.92 Å². The van der Waals surface area contributed by atoms with Crippen LogP contribution >= 0.6 is 11.6 Å². The van der Waals surface area contributed by atoms with E-state index >= 15 is 0 Å². The lowest BCUT2D eigenvalue weighted by atomic mass is 10.2. The van der Waals surface area contributed by atoms with Crippen molar-refractivity contribution in [2.45, 2.75) is 25.8 Å². The largest absolute Gasteiger partial charge is 0.322 e. The minimum atomic E-state index is -0.126. The molecule has 0 N–H and O–H groups in total. The van der Waals surface area contributed by atoms with Crippen molar-refractivity contribution in [3.63, 3.8) is 0 Å². The van der Waals surface area contributed by atoms with Crippen LogP contribution in [0.5, 0.6) is 0 Å². The number of halogens is 1. The minimum Gasteiger partial charge on any atom is -0.322 e. The Labute approximate surface area is 123 Å². The lowest BCUT2D eigenvalue weighted by Crippen LogP contribution is -2.05. The van der Waals surface area contributed by atoms with E-state index in [-0.39, 0.29) is 5.38 Å². The molecular weight excluding hydrogens is 270 g/mol. The SMILES string of the molecule is Cc1cccc2c1nc(C(C)Cl)n2Cc1cccnc1. The smallest absolute Gasteiger partial charge is 0.128 e. The summed E-state index contributed by atoms with van der Waals surface area (Å²) in [6, 6.07) is 10.2. The van der Waals surface area contributed by atoms with E-state index in [4.69, 9.17) is 16.6 Å². The summed E-state index contributed by atoms with van der Waals surface area (Å²) in [5, 5.41) is -0.126. The maximum absolute atomic E-state index is 6.30. The van der Waals surface area contributed by atoms with Gasteiger partial charge < -0.3 is 4.57 Å². The second-order valence-corrected chi connectivity index (χ2v) is 5.63. The first-order valence-electron chi connectivity index (χ1n) is 6.65. The lowest BCUT2D eigenvalue weighted by Gasteiger charge is -2.10. The third-order valence-electron chi connectivity index (χ3n) is 3.43. The highest BCUT2D eigenvalue weighted by Crippen LogP contribution is 2.27. The van der Waals surface area contributed by atoms with Crippen molar-refractivity contribution in [1.29, 1.82) is 0 Å². The van der Waals surface area contributed by atoms with Gasteiger partial charge in [-0.15, -0.1) is 11.6 Å². The van der Waals surface area contributed by atoms with E-state index in [9.17, 15) is 0 Å². The molecule has 102 valence electrons. The number of imidazole rings is 1. The van der Waals surface area contributed by atoms with E-state index in [0.717, 1.165) is 29.0 Å². The first kappa shape index (κ1) is 13.1. The number of rotatable bonds is 3. The van der Waals surface area contributed by atoms with Crippen LogP contribution in [0.3, 0.4) is 0 Å². The van der Waals surface area contributed by atoms with E-state index in [0.29, 0.717) is 0 Å². The third kappa shape index (κ3) is 2.29. The summed E-state index contributed by atoms with van der Waals surface area (Å²) in [5.74, 6) is 0.903. The fourth-order valence-corrected chi connectivity index (χ4v) is 2.62. The Morgan fingerprint density at radius 3 is 2.80 bits per heavy atom. The molecular formula is C16H16ClN3. The van der Waals surface area contributed by atoms with Gasteiger partial charge in [0.05, 0.1) is 23.0 Å². The average Bonchev–Trinajstić information content (AvgIpc) is 2.81. The quantitative estimate of drug-likeness (QED) is 0.679. The van der Waals surface area contributed by atoms with Gasteiger partial charge in [-0.3, -0.25) is 4.98 Å². The van der Waals surface area contributed by atoms with Gasteiger partial charge in [-0.2, -0.15) is 0 Å². The molecule has 0 saturated heterocycles. The molecule has 0 aliphatic heterocycles. The average molecular weight is 286 g/mol. The zero-order valence-corrected chi connectivity index (χ0v) is 12.3. The number of pyridine rings is 1. The number of para-hydroxylation sites is 1. The first-order valence-corrected chi connectivity index (χ1v) is 7.09. The van der Waals surface area contributed by atoms with Crippen LogP contribution in [0.15, 0.2) is 42.7 Å². The third-order valence-corrected chi connectivity index (χ3v) is 3.62. The Bertz CT molecular complexity index is 732. The van der Waals surface area contributed by atoms with Gasteiger partial charge in [0, 0.05) is 12.4 Å². The summed E-state index contributed by atoms with van der Waals surface area (Å²) in [4.78, 5) is 8.89. The molecule has 0 aliphatic carbocycles. The number of fused-ring (bicyclic) bond motifs is 1. The van der Waals surface area contributed by atoms with Crippen LogP contribution in [0.2, 0.25) is 0 Å². The predicted octanol–water partition coefficient (Wildman–Crippen LogP) is 4.09. The Hall–Kier alpha value is -1.87. The molecule has 0 aliphatic rings. The molecule has 3 aromatic rings. The Kier molecular flexibility index (Phi) is 3.45. The molecule has 0 amide bonds. The molecule has 1 aromatic carbocycles. The number of alkyl halides is 1. The molecule has 0 spiro atoms. The number of nitrogens with zero attached hydrogens (tertiary/aromatic N) is 3. The molecule has 1 unspecified atom stereocenters. The van der Waals surface area contributed by atoms with Crippen LogP contribution in [-0.2, 0) is 6.54 Å². The second kappa shape index (κ2) is 5.25. The van der Waals surface area contributed by atoms with E-state index in [1.165, 1.54) is 5.56 Å². The molecule has 3 nitrogen and oxygen atoms in total. The molecule has 3 rings (SSSR count). The second-order valence-electron chi connectivity index (χ2n) is 4.98. The van der Waals surface area contributed by atoms with Crippen molar-refractivity contribution in [3.8, 4) is 0 Å². The first-order chi connectivity index (χ1) is 9.66. The summed E-state index contributed by atoms with van der Waals surface area (Å²) in [6.07, 6.45) is 3.66. The Balaban J connectivity index is 2.17. The van der Waals surface area contributed by atoms with Crippen LogP contribution < -0.4 is 0 Å². The summed E-state index contributed by atoms with van der Waals surface area (Å²) in [5.41, 5.74) is 4.47. The highest BCUT2D eigenvalue weighted by atomic mass is 35.5. The number of hydrogen-bond acceptors (Lipinski definition) is 2. The number of aromatic nitrogens is 3. The molecule has 2 heterocycles. The molecule has 0 bridgehead atoms. The fraction of sp³-hybridized carbons (Fsp3) is 0.250. The van der Waals surface area contributed by atoms with Gasteiger partial charge in [-0.05, 0) is 37.1 Å². The van der Waals surface area contributed by atoms with Gasteiger partial charge >= 0.3 is 0 Å². The summed E-state index contributed by atoms with van der Waals surface area (Å²) < 4.78 is 2.18. The van der Waals surface area contributed by atoms with Gasteiger partial charge in [0.2, 0.25) is 0 Å². The zero-order valence-electron chi connectivity index (χ0n) is 11.5. The number of hydrogen-bond donors (Lipinski definition) is 0. The van der Waals surface area contributed by atoms with Crippen molar-refractivity contribution in [3.05, 3.63) is 59.7 Å². The predicted molar refractivity (Wildman–Crippen MR) is 82.1 cm³/mol. The molecule has 0 fully saturated rings. The normalized spacial score (nSPS) is 12.8. The molecule has 0 saturated carbocycles. The van der Waals surface area contributed by atoms with Gasteiger partial charge in [0.1, 0.15) is 5.82 Å². The minimum absolute atomic E-state index is 0.126. The maximum Gasteiger partial charge on any atom is 0.128 e. The van der Waals surface area contributed by atoms with E-state index in [1.807, 2.05) is 19.2 Å². The molecule has 4 heteroatoms. The van der Waals surface area contributed by atoms with Gasteiger partial charge in [-0.25, -0.2) is 4.98 Å². The number of benzene rings is 1. The van der Waals surface area contributed by atoms with Crippen molar-refractivity contribution >= 4 is 22.6 Å². The summed E-state index contributed by atoms with van der Waals surface area (Å²) in [6.45, 7) is 4.77. The standard InChI is InChI=1S/C16H16ClN3/c1-11-5-3-7-14-15(11)19-16(12(2)17)20(14)10-13-6-4-8-18-9-13/h3-9,12H,10H2,1-2H3. The van der Waals surface area contributed by atoms with Gasteiger partial charge in [0.15, 0.2) is 0 Å². The van der Waals surface area contributed by atoms with E-state index in [1.54, 1.807) is 6.20 Å². The van der Waals surface area contributed by atoms with Crippen molar-refractivity contribution in [2.75, 3.05) is 0 Å². The monoisotopic (exact) mass is 285 g/mol. The highest BCUT2D eigenvalue weighted by Gasteiger charge is 2.16. The topological polar surface area (TPSA) is 30.7 Å². The van der Waals surface area contributed by atoms with Crippen LogP contribution in [-0.4, -0.2) is 14.5 Å². The molecule has 0 radical (unpaired) electrons. The Morgan fingerprint density at radius 2 is 2.10 bits per heavy atom. The van der Waals surface area contributed by atoms with E-state index < -0.39 is 0 Å². The fourth-order valence-electron chi connectivity index (χ4n) is 2.45. The lowest BCUT2D eigenvalue weighted by molar-refractivity contribution is 0.740. The number of aryl methyl sites for hydroxylation is 1. The van der Waals surface area contributed by atoms with Gasteiger partial charge in [-0.1, -0.05) is 18.2 Å². The van der Waals surface area contributed by atoms with Crippen molar-refractivity contribution in [1.82, 2.24) is 14.5 Å². The van der Waals surface area contributed by atoms with Crippen molar-refractivity contribution in [2.24, 2.45) is 0 Å². The Morgan fingerprint density at radius 1 is 1.25 bits per heavy atom. The summed E-state index contributed by atoms with van der Waals surface area (Å²) in [7, 11) is 0. The molecule has 20 heavy (non-hydrogen) atoms. The summed E-state index contributed by atoms with van der Waals surface area (Å²) >= 11 is 6.30. The van der Waals surface area contributed by atoms with Crippen LogP contribution in [0.25, 0.3) is 11.0 Å². The van der Waals surface area contributed by atoms with E-state index in [2.05, 4.69) is 40.7 Å². The van der Waals surface area contributed by atoms with Crippen molar-refractivity contribution < 1.29 is 0 Å². The van der Waals surface area contributed by atoms with Crippen LogP contribution in [0.4, 0.5) is 0 Å².